The third-order valence-electron chi connectivity index (χ3n) is 5.86. The van der Waals surface area contributed by atoms with E-state index < -0.39 is 5.60 Å². The van der Waals surface area contributed by atoms with Crippen LogP contribution in [-0.2, 0) is 9.53 Å². The van der Waals surface area contributed by atoms with Gasteiger partial charge in [-0.25, -0.2) is 0 Å². The van der Waals surface area contributed by atoms with Crippen molar-refractivity contribution in [3.05, 3.63) is 24.3 Å². The fourth-order valence-corrected chi connectivity index (χ4v) is 3.87. The molecule has 1 aromatic rings. The summed E-state index contributed by atoms with van der Waals surface area (Å²) in [6, 6.07) is 7.67. The number of carbonyl (C=O) groups is 1. The molecular formula is C23H36N2O3. The monoisotopic (exact) mass is 388 g/mol. The highest BCUT2D eigenvalue weighted by atomic mass is 16.5. The zero-order chi connectivity index (χ0) is 19.8. The molecule has 1 N–H and O–H groups in total. The second kappa shape index (κ2) is 10.3. The average molecular weight is 389 g/mol. The maximum Gasteiger partial charge on any atom is 0.256 e. The van der Waals surface area contributed by atoms with Crippen LogP contribution in [0.1, 0.15) is 58.8 Å². The van der Waals surface area contributed by atoms with Gasteiger partial charge in [0.2, 0.25) is 0 Å². The number of hydrogen-bond donors (Lipinski definition) is 1. The van der Waals surface area contributed by atoms with Gasteiger partial charge in [-0.1, -0.05) is 13.3 Å². The Morgan fingerprint density at radius 2 is 1.86 bits per heavy atom. The molecule has 1 amide bonds. The lowest BCUT2D eigenvalue weighted by molar-refractivity contribution is -0.142. The van der Waals surface area contributed by atoms with E-state index in [1.54, 1.807) is 0 Å². The highest BCUT2D eigenvalue weighted by Gasteiger charge is 2.48. The van der Waals surface area contributed by atoms with Crippen molar-refractivity contribution in [2.75, 3.05) is 38.2 Å². The van der Waals surface area contributed by atoms with Crippen LogP contribution in [0.4, 0.5) is 5.69 Å². The second-order valence-corrected chi connectivity index (χ2v) is 8.31. The van der Waals surface area contributed by atoms with Crippen LogP contribution in [0.25, 0.3) is 0 Å². The number of nitrogens with one attached hydrogen (secondary N) is 1. The van der Waals surface area contributed by atoms with Crippen molar-refractivity contribution in [3.8, 4) is 5.75 Å². The molecule has 1 aliphatic carbocycles. The Hall–Kier alpha value is -1.59. The molecule has 28 heavy (non-hydrogen) atoms. The van der Waals surface area contributed by atoms with Gasteiger partial charge in [-0.2, -0.15) is 0 Å². The molecule has 1 aliphatic heterocycles. The molecule has 0 radical (unpaired) electrons. The van der Waals surface area contributed by atoms with Crippen LogP contribution < -0.4 is 10.1 Å². The Morgan fingerprint density at radius 1 is 1.14 bits per heavy atom. The predicted molar refractivity (Wildman–Crippen MR) is 113 cm³/mol. The molecule has 156 valence electrons. The standard InChI is InChI=1S/C23H36N2O3/c1-3-17-28-23(2,19-8-9-19)22(26)24-20-10-12-21(13-11-20)27-18-7-16-25-14-5-4-6-15-25/h10-13,19H,3-9,14-18H2,1-2H3,(H,24,26). The summed E-state index contributed by atoms with van der Waals surface area (Å²) in [5, 5.41) is 3.02. The van der Waals surface area contributed by atoms with E-state index in [2.05, 4.69) is 17.1 Å². The van der Waals surface area contributed by atoms with Crippen LogP contribution in [0, 0.1) is 5.92 Å². The summed E-state index contributed by atoms with van der Waals surface area (Å²) in [7, 11) is 0. The third kappa shape index (κ3) is 5.95. The van der Waals surface area contributed by atoms with Crippen molar-refractivity contribution in [2.45, 2.75) is 64.4 Å². The molecule has 0 bridgehead atoms. The van der Waals surface area contributed by atoms with E-state index >= 15 is 0 Å². The minimum absolute atomic E-state index is 0.0429. The predicted octanol–water partition coefficient (Wildman–Crippen LogP) is 4.48. The molecule has 1 aromatic carbocycles. The van der Waals surface area contributed by atoms with Crippen molar-refractivity contribution in [3.63, 3.8) is 0 Å². The summed E-state index contributed by atoms with van der Waals surface area (Å²) in [6.07, 6.45) is 8.14. The highest BCUT2D eigenvalue weighted by Crippen LogP contribution is 2.42. The molecule has 5 heteroatoms. The maximum atomic E-state index is 12.8. The molecule has 0 spiro atoms. The van der Waals surface area contributed by atoms with Crippen LogP contribution in [-0.4, -0.2) is 49.3 Å². The van der Waals surface area contributed by atoms with Crippen molar-refractivity contribution >= 4 is 11.6 Å². The topological polar surface area (TPSA) is 50.8 Å². The number of carbonyl (C=O) groups excluding carboxylic acids is 1. The molecule has 2 fully saturated rings. The molecule has 1 heterocycles. The van der Waals surface area contributed by atoms with Crippen LogP contribution >= 0.6 is 0 Å². The number of benzene rings is 1. The highest BCUT2D eigenvalue weighted by molar-refractivity contribution is 5.97. The smallest absolute Gasteiger partial charge is 0.256 e. The molecular weight excluding hydrogens is 352 g/mol. The number of nitrogens with zero attached hydrogens (tertiary/aromatic N) is 1. The lowest BCUT2D eigenvalue weighted by Crippen LogP contribution is -2.45. The Kier molecular flexibility index (Phi) is 7.74. The van der Waals surface area contributed by atoms with Crippen LogP contribution in [0.15, 0.2) is 24.3 Å². The van der Waals surface area contributed by atoms with Gasteiger partial charge >= 0.3 is 0 Å². The molecule has 5 nitrogen and oxygen atoms in total. The van der Waals surface area contributed by atoms with E-state index in [1.165, 1.54) is 32.4 Å². The minimum Gasteiger partial charge on any atom is -0.494 e. The molecule has 1 saturated carbocycles. The molecule has 2 aliphatic rings. The first kappa shape index (κ1) is 21.1. The molecule has 0 aromatic heterocycles. The first-order valence-electron chi connectivity index (χ1n) is 11.0. The van der Waals surface area contributed by atoms with Crippen molar-refractivity contribution in [1.29, 1.82) is 0 Å². The number of anilines is 1. The van der Waals surface area contributed by atoms with Gasteiger partial charge in [0.15, 0.2) is 0 Å². The number of piperidine rings is 1. The third-order valence-corrected chi connectivity index (χ3v) is 5.86. The first-order valence-corrected chi connectivity index (χ1v) is 11.0. The Morgan fingerprint density at radius 3 is 2.50 bits per heavy atom. The Bertz CT molecular complexity index is 609. The summed E-state index contributed by atoms with van der Waals surface area (Å²) in [6.45, 7) is 8.92. The van der Waals surface area contributed by atoms with E-state index in [0.717, 1.165) is 50.3 Å². The average Bonchev–Trinajstić information content (AvgIpc) is 3.57. The normalized spacial score (nSPS) is 19.8. The summed E-state index contributed by atoms with van der Waals surface area (Å²) < 4.78 is 11.8. The molecule has 1 saturated heterocycles. The first-order chi connectivity index (χ1) is 13.6. The number of likely N-dealkylation sites (tertiary alicyclic amines) is 1. The van der Waals surface area contributed by atoms with E-state index in [0.29, 0.717) is 12.5 Å². The zero-order valence-corrected chi connectivity index (χ0v) is 17.5. The summed E-state index contributed by atoms with van der Waals surface area (Å²) in [5.41, 5.74) is 0.0669. The van der Waals surface area contributed by atoms with E-state index in [-0.39, 0.29) is 5.91 Å². The summed E-state index contributed by atoms with van der Waals surface area (Å²) >= 11 is 0. The lowest BCUT2D eigenvalue weighted by atomic mass is 9.98. The number of rotatable bonds is 11. The minimum atomic E-state index is -0.723. The summed E-state index contributed by atoms with van der Waals surface area (Å²) in [5.74, 6) is 1.14. The van der Waals surface area contributed by atoms with Crippen LogP contribution in [0.2, 0.25) is 0 Å². The second-order valence-electron chi connectivity index (χ2n) is 8.31. The van der Waals surface area contributed by atoms with Crippen molar-refractivity contribution in [1.82, 2.24) is 4.90 Å². The van der Waals surface area contributed by atoms with E-state index in [4.69, 9.17) is 9.47 Å². The van der Waals surface area contributed by atoms with E-state index in [1.807, 2.05) is 31.2 Å². The van der Waals surface area contributed by atoms with Gasteiger partial charge in [0, 0.05) is 18.8 Å². The molecule has 1 unspecified atom stereocenters. The summed E-state index contributed by atoms with van der Waals surface area (Å²) in [4.78, 5) is 15.3. The molecule has 3 rings (SSSR count). The van der Waals surface area contributed by atoms with Gasteiger partial charge < -0.3 is 19.7 Å². The number of hydrogen-bond acceptors (Lipinski definition) is 4. The van der Waals surface area contributed by atoms with Gasteiger partial charge in [-0.15, -0.1) is 0 Å². The quantitative estimate of drug-likeness (QED) is 0.568. The lowest BCUT2D eigenvalue weighted by Gasteiger charge is -2.28. The fourth-order valence-electron chi connectivity index (χ4n) is 3.87. The largest absolute Gasteiger partial charge is 0.494 e. The Labute approximate surface area is 169 Å². The molecule has 1 atom stereocenters. The van der Waals surface area contributed by atoms with Crippen LogP contribution in [0.3, 0.4) is 0 Å². The van der Waals surface area contributed by atoms with E-state index in [9.17, 15) is 4.79 Å². The van der Waals surface area contributed by atoms with Crippen molar-refractivity contribution in [2.24, 2.45) is 5.92 Å². The van der Waals surface area contributed by atoms with Crippen molar-refractivity contribution < 1.29 is 14.3 Å². The zero-order valence-electron chi connectivity index (χ0n) is 17.5. The van der Waals surface area contributed by atoms with Gasteiger partial charge in [0.1, 0.15) is 11.4 Å². The van der Waals surface area contributed by atoms with Gasteiger partial charge in [0.05, 0.1) is 6.61 Å². The van der Waals surface area contributed by atoms with Gasteiger partial charge in [0.25, 0.3) is 5.91 Å². The fraction of sp³-hybridized carbons (Fsp3) is 0.696. The van der Waals surface area contributed by atoms with Crippen LogP contribution in [0.5, 0.6) is 5.75 Å². The van der Waals surface area contributed by atoms with Gasteiger partial charge in [-0.05, 0) is 88.7 Å². The number of amides is 1. The van der Waals surface area contributed by atoms with Gasteiger partial charge in [-0.3, -0.25) is 4.79 Å². The maximum absolute atomic E-state index is 12.8. The number of ether oxygens (including phenoxy) is 2. The Balaban J connectivity index is 1.42. The SMILES string of the molecule is CCCOC(C)(C(=O)Nc1ccc(OCCCN2CCCCC2)cc1)C1CC1.